The van der Waals surface area contributed by atoms with Crippen LogP contribution >= 0.6 is 0 Å². The second-order valence-corrected chi connectivity index (χ2v) is 6.27. The summed E-state index contributed by atoms with van der Waals surface area (Å²) in [5, 5.41) is 51.6. The topological polar surface area (TPSA) is 149 Å². The van der Waals surface area contributed by atoms with Gasteiger partial charge in [-0.05, 0) is 6.42 Å². The Kier molecular flexibility index (Phi) is 10.3. The Bertz CT molecular complexity index is 444. The van der Waals surface area contributed by atoms with Gasteiger partial charge in [-0.25, -0.2) is 0 Å². The quantitative estimate of drug-likeness (QED) is 0.250. The van der Waals surface area contributed by atoms with Gasteiger partial charge in [-0.2, -0.15) is 0 Å². The summed E-state index contributed by atoms with van der Waals surface area (Å²) in [5.74, 6) is -0.282. The Morgan fingerprint density at radius 1 is 1.23 bits per heavy atom. The minimum Gasteiger partial charge on any atom is -0.394 e. The van der Waals surface area contributed by atoms with Gasteiger partial charge in [-0.1, -0.05) is 32.4 Å². The average molecular weight is 377 g/mol. The molecule has 152 valence electrons. The van der Waals surface area contributed by atoms with Gasteiger partial charge in [0.15, 0.2) is 6.29 Å². The Morgan fingerprint density at radius 2 is 1.92 bits per heavy atom. The third-order valence-electron chi connectivity index (χ3n) is 4.16. The van der Waals surface area contributed by atoms with Gasteiger partial charge in [0.25, 0.3) is 0 Å². The summed E-state index contributed by atoms with van der Waals surface area (Å²) in [7, 11) is 0. The lowest BCUT2D eigenvalue weighted by Gasteiger charge is -2.40. The molecule has 0 aromatic carbocycles. The Hall–Kier alpha value is -1.07. The molecule has 0 radical (unpaired) electrons. The molecule has 7 atom stereocenters. The van der Waals surface area contributed by atoms with Crippen molar-refractivity contribution in [3.63, 3.8) is 0 Å². The summed E-state index contributed by atoms with van der Waals surface area (Å²) in [6.45, 7) is 2.90. The maximum absolute atomic E-state index is 11.7. The van der Waals surface area contributed by atoms with E-state index in [4.69, 9.17) is 9.47 Å². The third kappa shape index (κ3) is 6.58. The standard InChI is InChI=1S/C17H31NO8/c1-3-5-6-7-11(20)10(18-13(21)4-2)9-25-17-16(24)15(23)14(22)12(8-19)26-17/h6-7,10-12,14-17,19-20,22-24H,3-5,8-9H2,1-2H3,(H,18,21)/b7-6+. The Morgan fingerprint density at radius 3 is 2.50 bits per heavy atom. The zero-order chi connectivity index (χ0) is 19.7. The van der Waals surface area contributed by atoms with Crippen molar-refractivity contribution in [3.8, 4) is 0 Å². The van der Waals surface area contributed by atoms with Gasteiger partial charge in [-0.3, -0.25) is 4.79 Å². The van der Waals surface area contributed by atoms with Crippen molar-refractivity contribution in [1.82, 2.24) is 5.32 Å². The summed E-state index contributed by atoms with van der Waals surface area (Å²) in [6.07, 6.45) is -2.72. The number of unbranched alkanes of at least 4 members (excludes halogenated alkanes) is 1. The monoisotopic (exact) mass is 377 g/mol. The molecule has 1 rings (SSSR count). The van der Waals surface area contributed by atoms with E-state index in [1.807, 2.05) is 6.92 Å². The molecule has 0 aliphatic carbocycles. The van der Waals surface area contributed by atoms with Crippen molar-refractivity contribution < 1.29 is 39.8 Å². The van der Waals surface area contributed by atoms with Crippen LogP contribution in [0, 0.1) is 0 Å². The zero-order valence-corrected chi connectivity index (χ0v) is 15.2. The lowest BCUT2D eigenvalue weighted by Crippen LogP contribution is -2.60. The average Bonchev–Trinajstić information content (AvgIpc) is 2.64. The van der Waals surface area contributed by atoms with Crippen molar-refractivity contribution in [3.05, 3.63) is 12.2 Å². The van der Waals surface area contributed by atoms with Gasteiger partial charge >= 0.3 is 0 Å². The van der Waals surface area contributed by atoms with E-state index >= 15 is 0 Å². The van der Waals surface area contributed by atoms with Crippen molar-refractivity contribution in [1.29, 1.82) is 0 Å². The molecule has 7 unspecified atom stereocenters. The van der Waals surface area contributed by atoms with E-state index in [1.54, 1.807) is 19.1 Å². The van der Waals surface area contributed by atoms with E-state index < -0.39 is 49.5 Å². The highest BCUT2D eigenvalue weighted by atomic mass is 16.7. The molecule has 1 aliphatic rings. The number of hydrogen-bond acceptors (Lipinski definition) is 8. The zero-order valence-electron chi connectivity index (χ0n) is 15.2. The van der Waals surface area contributed by atoms with Crippen LogP contribution in [-0.2, 0) is 14.3 Å². The molecule has 0 aromatic rings. The fourth-order valence-corrected chi connectivity index (χ4v) is 2.47. The summed E-state index contributed by atoms with van der Waals surface area (Å²) >= 11 is 0. The number of aliphatic hydroxyl groups excluding tert-OH is 5. The van der Waals surface area contributed by atoms with E-state index in [9.17, 15) is 30.3 Å². The summed E-state index contributed by atoms with van der Waals surface area (Å²) in [6, 6.07) is -0.789. The van der Waals surface area contributed by atoms with Crippen LogP contribution in [0.25, 0.3) is 0 Å². The minimum atomic E-state index is -1.55. The van der Waals surface area contributed by atoms with Crippen LogP contribution in [0.4, 0.5) is 0 Å². The number of carbonyl (C=O) groups excluding carboxylic acids is 1. The smallest absolute Gasteiger partial charge is 0.220 e. The summed E-state index contributed by atoms with van der Waals surface area (Å²) in [5.41, 5.74) is 0. The molecule has 0 bridgehead atoms. The lowest BCUT2D eigenvalue weighted by molar-refractivity contribution is -0.302. The number of allylic oxidation sites excluding steroid dienone is 1. The number of nitrogens with one attached hydrogen (secondary N) is 1. The molecule has 9 nitrogen and oxygen atoms in total. The third-order valence-corrected chi connectivity index (χ3v) is 4.16. The minimum absolute atomic E-state index is 0.202. The fourth-order valence-electron chi connectivity index (χ4n) is 2.47. The number of carbonyl (C=O) groups is 1. The first kappa shape index (κ1) is 23.0. The van der Waals surface area contributed by atoms with Crippen LogP contribution in [0.5, 0.6) is 0 Å². The molecule has 0 saturated carbocycles. The van der Waals surface area contributed by atoms with Gasteiger partial charge < -0.3 is 40.3 Å². The number of hydrogen-bond donors (Lipinski definition) is 6. The SMILES string of the molecule is CCC/C=C/C(O)C(COC1OC(CO)C(O)C(O)C1O)NC(=O)CC. The molecule has 1 heterocycles. The normalized spacial score (nSPS) is 31.7. The molecule has 1 amide bonds. The maximum Gasteiger partial charge on any atom is 0.220 e. The first-order valence-corrected chi connectivity index (χ1v) is 8.91. The largest absolute Gasteiger partial charge is 0.394 e. The van der Waals surface area contributed by atoms with Crippen LogP contribution in [0.1, 0.15) is 33.1 Å². The van der Waals surface area contributed by atoms with Crippen molar-refractivity contribution in [2.75, 3.05) is 13.2 Å². The molecule has 0 spiro atoms. The molecule has 1 fully saturated rings. The Labute approximate surface area is 153 Å². The molecule has 1 saturated heterocycles. The van der Waals surface area contributed by atoms with Crippen molar-refractivity contribution >= 4 is 5.91 Å². The molecule has 6 N–H and O–H groups in total. The highest BCUT2D eigenvalue weighted by molar-refractivity contribution is 5.75. The van der Waals surface area contributed by atoms with Crippen LogP contribution in [0.2, 0.25) is 0 Å². The van der Waals surface area contributed by atoms with Crippen molar-refractivity contribution in [2.24, 2.45) is 0 Å². The van der Waals surface area contributed by atoms with E-state index in [1.165, 1.54) is 0 Å². The van der Waals surface area contributed by atoms with Gasteiger partial charge in [0.2, 0.25) is 5.91 Å². The van der Waals surface area contributed by atoms with Crippen LogP contribution < -0.4 is 5.32 Å². The number of ether oxygens (including phenoxy) is 2. The van der Waals surface area contributed by atoms with E-state index in [0.29, 0.717) is 0 Å². The number of amides is 1. The first-order valence-electron chi connectivity index (χ1n) is 8.91. The summed E-state index contributed by atoms with van der Waals surface area (Å²) < 4.78 is 10.7. The number of rotatable bonds is 10. The van der Waals surface area contributed by atoms with Crippen LogP contribution in [0.15, 0.2) is 12.2 Å². The van der Waals surface area contributed by atoms with E-state index in [0.717, 1.165) is 12.8 Å². The van der Waals surface area contributed by atoms with E-state index in [-0.39, 0.29) is 18.9 Å². The first-order chi connectivity index (χ1) is 12.3. The second-order valence-electron chi connectivity index (χ2n) is 6.27. The van der Waals surface area contributed by atoms with Gasteiger partial charge in [0.05, 0.1) is 25.4 Å². The highest BCUT2D eigenvalue weighted by Gasteiger charge is 2.44. The summed E-state index contributed by atoms with van der Waals surface area (Å²) in [4.78, 5) is 11.7. The van der Waals surface area contributed by atoms with Gasteiger partial charge in [-0.15, -0.1) is 0 Å². The molecular formula is C17H31NO8. The molecule has 0 aromatic heterocycles. The van der Waals surface area contributed by atoms with Gasteiger partial charge in [0, 0.05) is 6.42 Å². The second kappa shape index (κ2) is 11.6. The predicted molar refractivity (Wildman–Crippen MR) is 92.0 cm³/mol. The fraction of sp³-hybridized carbons (Fsp3) is 0.824. The number of aliphatic hydroxyl groups is 5. The predicted octanol–water partition coefficient (Wildman–Crippen LogP) is -1.59. The molecule has 26 heavy (non-hydrogen) atoms. The Balaban J connectivity index is 2.72. The van der Waals surface area contributed by atoms with E-state index in [2.05, 4.69) is 5.32 Å². The van der Waals surface area contributed by atoms with Crippen LogP contribution in [-0.4, -0.2) is 87.5 Å². The molecule has 9 heteroatoms. The van der Waals surface area contributed by atoms with Crippen molar-refractivity contribution in [2.45, 2.75) is 76.0 Å². The van der Waals surface area contributed by atoms with Gasteiger partial charge in [0.1, 0.15) is 24.4 Å². The molecule has 1 aliphatic heterocycles. The highest BCUT2D eigenvalue weighted by Crippen LogP contribution is 2.22. The lowest BCUT2D eigenvalue weighted by atomic mass is 9.99. The maximum atomic E-state index is 11.7. The van der Waals surface area contributed by atoms with Crippen LogP contribution in [0.3, 0.4) is 0 Å². The molecular weight excluding hydrogens is 346 g/mol.